The van der Waals surface area contributed by atoms with Crippen LogP contribution in [0.3, 0.4) is 0 Å². The number of benzene rings is 3. The number of nitrogens with one attached hydrogen (secondary N) is 2. The zero-order chi connectivity index (χ0) is 21.7. The number of carbonyl (C=O) groups excluding carboxylic acids is 1. The Bertz CT molecular complexity index is 1120. The Morgan fingerprint density at radius 3 is 2.10 bits per heavy atom. The summed E-state index contributed by atoms with van der Waals surface area (Å²) < 4.78 is 33.3. The molecule has 1 atom stereocenters. The number of sulfonamides is 1. The molecule has 0 unspecified atom stereocenters. The van der Waals surface area contributed by atoms with Crippen molar-refractivity contribution < 1.29 is 17.9 Å². The highest BCUT2D eigenvalue weighted by Gasteiger charge is 2.17. The van der Waals surface area contributed by atoms with E-state index in [2.05, 4.69) is 10.0 Å². The van der Waals surface area contributed by atoms with Gasteiger partial charge in [-0.1, -0.05) is 35.9 Å². The van der Waals surface area contributed by atoms with Gasteiger partial charge >= 0.3 is 0 Å². The van der Waals surface area contributed by atoms with Crippen molar-refractivity contribution in [1.29, 1.82) is 0 Å². The largest absolute Gasteiger partial charge is 0.481 e. The lowest BCUT2D eigenvalue weighted by molar-refractivity contribution is -0.122. The number of rotatable bonds is 7. The second kappa shape index (κ2) is 9.00. The van der Waals surface area contributed by atoms with E-state index in [1.807, 2.05) is 44.2 Å². The van der Waals surface area contributed by atoms with Crippen LogP contribution in [0.15, 0.2) is 77.7 Å². The van der Waals surface area contributed by atoms with Gasteiger partial charge in [0.2, 0.25) is 0 Å². The minimum absolute atomic E-state index is 0.102. The summed E-state index contributed by atoms with van der Waals surface area (Å²) in [7, 11) is -3.72. The van der Waals surface area contributed by atoms with Crippen molar-refractivity contribution in [3.05, 3.63) is 83.9 Å². The third-order valence-corrected chi connectivity index (χ3v) is 5.90. The van der Waals surface area contributed by atoms with Crippen molar-refractivity contribution in [1.82, 2.24) is 0 Å². The molecule has 3 aromatic carbocycles. The molecule has 30 heavy (non-hydrogen) atoms. The third kappa shape index (κ3) is 5.39. The van der Waals surface area contributed by atoms with Crippen LogP contribution in [-0.4, -0.2) is 20.4 Å². The summed E-state index contributed by atoms with van der Waals surface area (Å²) in [6.45, 7) is 5.49. The second-order valence-corrected chi connectivity index (χ2v) is 8.69. The Hall–Kier alpha value is -3.32. The van der Waals surface area contributed by atoms with Gasteiger partial charge in [0, 0.05) is 11.4 Å². The summed E-state index contributed by atoms with van der Waals surface area (Å²) in [5, 5.41) is 2.74. The van der Waals surface area contributed by atoms with Crippen LogP contribution in [0.5, 0.6) is 5.75 Å². The van der Waals surface area contributed by atoms with E-state index in [0.29, 0.717) is 17.1 Å². The van der Waals surface area contributed by atoms with Gasteiger partial charge in [0.05, 0.1) is 4.90 Å². The molecule has 0 aromatic heterocycles. The van der Waals surface area contributed by atoms with Gasteiger partial charge in [-0.3, -0.25) is 9.52 Å². The van der Waals surface area contributed by atoms with E-state index >= 15 is 0 Å². The van der Waals surface area contributed by atoms with Gasteiger partial charge in [-0.2, -0.15) is 0 Å². The van der Waals surface area contributed by atoms with E-state index in [4.69, 9.17) is 4.74 Å². The molecular formula is C23H24N2O4S. The lowest BCUT2D eigenvalue weighted by atomic mass is 10.2. The predicted octanol–water partition coefficient (Wildman–Crippen LogP) is 4.51. The maximum Gasteiger partial charge on any atom is 0.265 e. The fourth-order valence-electron chi connectivity index (χ4n) is 2.73. The smallest absolute Gasteiger partial charge is 0.265 e. The first-order valence-electron chi connectivity index (χ1n) is 9.47. The van der Waals surface area contributed by atoms with Gasteiger partial charge < -0.3 is 10.1 Å². The summed E-state index contributed by atoms with van der Waals surface area (Å²) in [5.74, 6) is 0.315. The standard InChI is InChI=1S/C23H24N2O4S/c1-16-8-10-20(11-9-16)25-30(27,28)21-14-12-19(13-15-21)24-23(26)18(3)29-22-7-5-4-6-17(22)2/h4-15,18,25H,1-3H3,(H,24,26)/t18-/m0/s1. The highest BCUT2D eigenvalue weighted by molar-refractivity contribution is 7.92. The zero-order valence-electron chi connectivity index (χ0n) is 17.0. The van der Waals surface area contributed by atoms with Crippen LogP contribution in [0.1, 0.15) is 18.1 Å². The van der Waals surface area contributed by atoms with Crippen LogP contribution >= 0.6 is 0 Å². The molecule has 6 nitrogen and oxygen atoms in total. The van der Waals surface area contributed by atoms with Crippen molar-refractivity contribution in [2.45, 2.75) is 31.8 Å². The number of carbonyl (C=O) groups is 1. The quantitative estimate of drug-likeness (QED) is 0.584. The molecule has 0 saturated heterocycles. The van der Waals surface area contributed by atoms with Crippen LogP contribution in [0, 0.1) is 13.8 Å². The third-order valence-electron chi connectivity index (χ3n) is 4.50. The maximum atomic E-state index is 12.5. The van der Waals surface area contributed by atoms with Crippen LogP contribution in [0.4, 0.5) is 11.4 Å². The molecule has 7 heteroatoms. The molecule has 0 saturated carbocycles. The molecule has 0 bridgehead atoms. The first-order valence-corrected chi connectivity index (χ1v) is 11.0. The summed E-state index contributed by atoms with van der Waals surface area (Å²) in [5.41, 5.74) is 2.95. The number of aryl methyl sites for hydroxylation is 2. The minimum atomic E-state index is -3.72. The van der Waals surface area contributed by atoms with Crippen molar-refractivity contribution in [2.75, 3.05) is 10.0 Å². The van der Waals surface area contributed by atoms with Gasteiger partial charge in [-0.05, 0) is 68.8 Å². The molecule has 0 aliphatic carbocycles. The Labute approximate surface area is 177 Å². The minimum Gasteiger partial charge on any atom is -0.481 e. The molecule has 0 fully saturated rings. The van der Waals surface area contributed by atoms with Crippen LogP contribution in [-0.2, 0) is 14.8 Å². The van der Waals surface area contributed by atoms with E-state index in [-0.39, 0.29) is 10.8 Å². The highest BCUT2D eigenvalue weighted by atomic mass is 32.2. The van der Waals surface area contributed by atoms with Crippen LogP contribution in [0.2, 0.25) is 0 Å². The average molecular weight is 425 g/mol. The van der Waals surface area contributed by atoms with Crippen molar-refractivity contribution in [2.24, 2.45) is 0 Å². The monoisotopic (exact) mass is 424 g/mol. The molecule has 0 heterocycles. The molecule has 3 aromatic rings. The van der Waals surface area contributed by atoms with E-state index < -0.39 is 16.1 Å². The Morgan fingerprint density at radius 2 is 1.47 bits per heavy atom. The van der Waals surface area contributed by atoms with Crippen molar-refractivity contribution in [3.8, 4) is 5.75 Å². The fourth-order valence-corrected chi connectivity index (χ4v) is 3.79. The molecule has 1 amide bonds. The van der Waals surface area contributed by atoms with Crippen LogP contribution in [0.25, 0.3) is 0 Å². The number of anilines is 2. The molecule has 0 aliphatic heterocycles. The average Bonchev–Trinajstić information content (AvgIpc) is 2.71. The molecular weight excluding hydrogens is 400 g/mol. The van der Waals surface area contributed by atoms with E-state index in [9.17, 15) is 13.2 Å². The topological polar surface area (TPSA) is 84.5 Å². The Morgan fingerprint density at radius 1 is 0.867 bits per heavy atom. The number of hydrogen-bond donors (Lipinski definition) is 2. The molecule has 2 N–H and O–H groups in total. The van der Waals surface area contributed by atoms with Crippen molar-refractivity contribution in [3.63, 3.8) is 0 Å². The van der Waals surface area contributed by atoms with Gasteiger partial charge in [0.1, 0.15) is 5.75 Å². The Balaban J connectivity index is 1.64. The number of para-hydroxylation sites is 1. The predicted molar refractivity (Wildman–Crippen MR) is 118 cm³/mol. The fraction of sp³-hybridized carbons (Fsp3) is 0.174. The molecule has 3 rings (SSSR count). The first kappa shape index (κ1) is 21.4. The van der Waals surface area contributed by atoms with Gasteiger partial charge in [0.25, 0.3) is 15.9 Å². The SMILES string of the molecule is Cc1ccc(NS(=O)(=O)c2ccc(NC(=O)[C@H](C)Oc3ccccc3C)cc2)cc1. The Kier molecular flexibility index (Phi) is 6.42. The zero-order valence-corrected chi connectivity index (χ0v) is 17.9. The summed E-state index contributed by atoms with van der Waals surface area (Å²) in [4.78, 5) is 12.5. The summed E-state index contributed by atoms with van der Waals surface area (Å²) >= 11 is 0. The van der Waals surface area contributed by atoms with E-state index in [1.165, 1.54) is 12.1 Å². The first-order chi connectivity index (χ1) is 14.2. The van der Waals surface area contributed by atoms with E-state index in [0.717, 1.165) is 11.1 Å². The summed E-state index contributed by atoms with van der Waals surface area (Å²) in [6, 6.07) is 20.5. The van der Waals surface area contributed by atoms with Crippen molar-refractivity contribution >= 4 is 27.3 Å². The molecule has 156 valence electrons. The highest BCUT2D eigenvalue weighted by Crippen LogP contribution is 2.20. The van der Waals surface area contributed by atoms with Gasteiger partial charge in [0.15, 0.2) is 6.10 Å². The number of amides is 1. The number of ether oxygens (including phenoxy) is 1. The maximum absolute atomic E-state index is 12.5. The van der Waals surface area contributed by atoms with Gasteiger partial charge in [-0.25, -0.2) is 8.42 Å². The van der Waals surface area contributed by atoms with E-state index in [1.54, 1.807) is 37.3 Å². The lowest BCUT2D eigenvalue weighted by Gasteiger charge is -2.16. The molecule has 0 aliphatic rings. The van der Waals surface area contributed by atoms with Crippen LogP contribution < -0.4 is 14.8 Å². The molecule has 0 spiro atoms. The summed E-state index contributed by atoms with van der Waals surface area (Å²) in [6.07, 6.45) is -0.710. The second-order valence-electron chi connectivity index (χ2n) is 7.01. The van der Waals surface area contributed by atoms with Gasteiger partial charge in [-0.15, -0.1) is 0 Å². The number of hydrogen-bond acceptors (Lipinski definition) is 4. The lowest BCUT2D eigenvalue weighted by Crippen LogP contribution is -2.30. The molecule has 0 radical (unpaired) electrons. The normalized spacial score (nSPS) is 12.1.